The van der Waals surface area contributed by atoms with Gasteiger partial charge in [-0.2, -0.15) is 0 Å². The van der Waals surface area contributed by atoms with E-state index < -0.39 is 0 Å². The van der Waals surface area contributed by atoms with Crippen LogP contribution >= 0.6 is 0 Å². The van der Waals surface area contributed by atoms with Gasteiger partial charge in [-0.05, 0) is 43.5 Å². The summed E-state index contributed by atoms with van der Waals surface area (Å²) >= 11 is 0. The quantitative estimate of drug-likeness (QED) is 0.819. The highest BCUT2D eigenvalue weighted by atomic mass is 19.1. The first kappa shape index (κ1) is 10.1. The van der Waals surface area contributed by atoms with Crippen molar-refractivity contribution in [2.45, 2.75) is 25.3 Å². The first-order chi connectivity index (χ1) is 7.83. The highest BCUT2D eigenvalue weighted by molar-refractivity contribution is 5.58. The Morgan fingerprint density at radius 1 is 1.44 bits per heavy atom. The van der Waals surface area contributed by atoms with Gasteiger partial charge in [-0.15, -0.1) is 0 Å². The molecule has 2 nitrogen and oxygen atoms in total. The number of benzene rings is 1. The minimum absolute atomic E-state index is 0.120. The van der Waals surface area contributed by atoms with E-state index in [1.165, 1.54) is 18.4 Å². The van der Waals surface area contributed by atoms with Crippen LogP contribution in [-0.4, -0.2) is 25.7 Å². The van der Waals surface area contributed by atoms with Crippen LogP contribution in [0.25, 0.3) is 0 Å². The van der Waals surface area contributed by atoms with E-state index in [0.29, 0.717) is 6.04 Å². The number of nitrogens with zero attached hydrogens (tertiary/aromatic N) is 1. The smallest absolute Gasteiger partial charge is 0.125 e. The van der Waals surface area contributed by atoms with E-state index in [9.17, 15) is 4.39 Å². The lowest BCUT2D eigenvalue weighted by atomic mass is 10.1. The maximum atomic E-state index is 13.2. The fourth-order valence-electron chi connectivity index (χ4n) is 2.79. The third kappa shape index (κ3) is 1.80. The molecule has 2 aliphatic heterocycles. The fourth-order valence-corrected chi connectivity index (χ4v) is 2.79. The minimum Gasteiger partial charge on any atom is -0.369 e. The lowest BCUT2D eigenvalue weighted by Crippen LogP contribution is -2.36. The number of hydrogen-bond acceptors (Lipinski definition) is 2. The molecule has 16 heavy (non-hydrogen) atoms. The highest BCUT2D eigenvalue weighted by Crippen LogP contribution is 2.29. The fraction of sp³-hybridized carbons (Fsp3) is 0.538. The van der Waals surface area contributed by atoms with Crippen molar-refractivity contribution in [1.29, 1.82) is 0 Å². The zero-order chi connectivity index (χ0) is 11.0. The first-order valence-electron chi connectivity index (χ1n) is 6.10. The van der Waals surface area contributed by atoms with Crippen LogP contribution in [0.4, 0.5) is 10.1 Å². The van der Waals surface area contributed by atoms with Crippen molar-refractivity contribution >= 4 is 5.69 Å². The summed E-state index contributed by atoms with van der Waals surface area (Å²) in [5.74, 6) is -0.120. The molecule has 1 unspecified atom stereocenters. The van der Waals surface area contributed by atoms with Gasteiger partial charge in [0.25, 0.3) is 0 Å². The largest absolute Gasteiger partial charge is 0.369 e. The van der Waals surface area contributed by atoms with Gasteiger partial charge < -0.3 is 10.2 Å². The average molecular weight is 220 g/mol. The SMILES string of the molecule is Fc1ccc2c(c1)N(CC1CCCN1)CC2. The molecule has 1 N–H and O–H groups in total. The Kier molecular flexibility index (Phi) is 2.56. The van der Waals surface area contributed by atoms with Crippen molar-refractivity contribution in [2.75, 3.05) is 24.5 Å². The molecule has 2 aliphatic rings. The summed E-state index contributed by atoms with van der Waals surface area (Å²) in [5, 5.41) is 3.49. The molecule has 0 spiro atoms. The second-order valence-corrected chi connectivity index (χ2v) is 4.76. The molecule has 86 valence electrons. The van der Waals surface area contributed by atoms with E-state index in [2.05, 4.69) is 10.2 Å². The molecule has 1 aromatic carbocycles. The van der Waals surface area contributed by atoms with Crippen LogP contribution in [0.15, 0.2) is 18.2 Å². The Morgan fingerprint density at radius 2 is 2.38 bits per heavy atom. The predicted molar refractivity (Wildman–Crippen MR) is 63.3 cm³/mol. The number of nitrogens with one attached hydrogen (secondary N) is 1. The van der Waals surface area contributed by atoms with Gasteiger partial charge in [0, 0.05) is 24.8 Å². The van der Waals surface area contributed by atoms with Gasteiger partial charge in [0.1, 0.15) is 5.82 Å². The van der Waals surface area contributed by atoms with Crippen molar-refractivity contribution in [3.05, 3.63) is 29.6 Å². The summed E-state index contributed by atoms with van der Waals surface area (Å²) < 4.78 is 13.2. The van der Waals surface area contributed by atoms with Crippen molar-refractivity contribution in [3.63, 3.8) is 0 Å². The third-order valence-electron chi connectivity index (χ3n) is 3.64. The van der Waals surface area contributed by atoms with Gasteiger partial charge in [0.15, 0.2) is 0 Å². The molecule has 1 saturated heterocycles. The van der Waals surface area contributed by atoms with E-state index in [0.717, 1.165) is 31.7 Å². The summed E-state index contributed by atoms with van der Waals surface area (Å²) in [6.45, 7) is 3.20. The second-order valence-electron chi connectivity index (χ2n) is 4.76. The monoisotopic (exact) mass is 220 g/mol. The van der Waals surface area contributed by atoms with Crippen LogP contribution in [-0.2, 0) is 6.42 Å². The van der Waals surface area contributed by atoms with Crippen LogP contribution in [0.1, 0.15) is 18.4 Å². The summed E-state index contributed by atoms with van der Waals surface area (Å²) in [6.07, 6.45) is 3.58. The topological polar surface area (TPSA) is 15.3 Å². The molecule has 0 saturated carbocycles. The van der Waals surface area contributed by atoms with E-state index in [4.69, 9.17) is 0 Å². The van der Waals surface area contributed by atoms with Crippen LogP contribution in [0.5, 0.6) is 0 Å². The summed E-state index contributed by atoms with van der Waals surface area (Å²) in [7, 11) is 0. The van der Waals surface area contributed by atoms with Gasteiger partial charge in [-0.3, -0.25) is 0 Å². The molecule has 3 rings (SSSR count). The number of anilines is 1. The maximum absolute atomic E-state index is 13.2. The van der Waals surface area contributed by atoms with Gasteiger partial charge in [0.05, 0.1) is 0 Å². The Hall–Kier alpha value is -1.09. The van der Waals surface area contributed by atoms with E-state index in [-0.39, 0.29) is 5.82 Å². The molecular weight excluding hydrogens is 203 g/mol. The van der Waals surface area contributed by atoms with E-state index in [1.807, 2.05) is 6.07 Å². The van der Waals surface area contributed by atoms with Crippen molar-refractivity contribution in [1.82, 2.24) is 5.32 Å². The Bertz CT molecular complexity index is 386. The van der Waals surface area contributed by atoms with Crippen molar-refractivity contribution in [3.8, 4) is 0 Å². The number of hydrogen-bond donors (Lipinski definition) is 1. The molecule has 0 aliphatic carbocycles. The zero-order valence-corrected chi connectivity index (χ0v) is 9.38. The lowest BCUT2D eigenvalue weighted by Gasteiger charge is -2.23. The van der Waals surface area contributed by atoms with Crippen molar-refractivity contribution < 1.29 is 4.39 Å². The van der Waals surface area contributed by atoms with E-state index in [1.54, 1.807) is 12.1 Å². The zero-order valence-electron chi connectivity index (χ0n) is 9.38. The first-order valence-corrected chi connectivity index (χ1v) is 6.10. The average Bonchev–Trinajstić information content (AvgIpc) is 2.90. The van der Waals surface area contributed by atoms with Crippen LogP contribution in [0.2, 0.25) is 0 Å². The minimum atomic E-state index is -0.120. The standard InChI is InChI=1S/C13H17FN2/c14-11-4-3-10-5-7-16(13(10)8-11)9-12-2-1-6-15-12/h3-4,8,12,15H,1-2,5-7,9H2. The number of fused-ring (bicyclic) bond motifs is 1. The summed E-state index contributed by atoms with van der Waals surface area (Å²) in [4.78, 5) is 2.32. The molecule has 0 radical (unpaired) electrons. The Morgan fingerprint density at radius 3 is 3.19 bits per heavy atom. The van der Waals surface area contributed by atoms with Crippen molar-refractivity contribution in [2.24, 2.45) is 0 Å². The van der Waals surface area contributed by atoms with Crippen LogP contribution < -0.4 is 10.2 Å². The molecule has 0 amide bonds. The third-order valence-corrected chi connectivity index (χ3v) is 3.64. The molecule has 1 aromatic rings. The van der Waals surface area contributed by atoms with E-state index >= 15 is 0 Å². The Labute approximate surface area is 95.4 Å². The Balaban J connectivity index is 1.77. The van der Waals surface area contributed by atoms with Crippen LogP contribution in [0.3, 0.4) is 0 Å². The van der Waals surface area contributed by atoms with Gasteiger partial charge in [0.2, 0.25) is 0 Å². The molecule has 1 atom stereocenters. The number of halogens is 1. The van der Waals surface area contributed by atoms with Gasteiger partial charge >= 0.3 is 0 Å². The van der Waals surface area contributed by atoms with Gasteiger partial charge in [-0.1, -0.05) is 6.07 Å². The summed E-state index contributed by atoms with van der Waals surface area (Å²) in [5.41, 5.74) is 2.40. The molecule has 1 fully saturated rings. The molecule has 0 bridgehead atoms. The number of rotatable bonds is 2. The molecular formula is C13H17FN2. The normalized spacial score (nSPS) is 23.8. The second kappa shape index (κ2) is 4.06. The summed E-state index contributed by atoms with van der Waals surface area (Å²) in [6, 6.07) is 5.76. The highest BCUT2D eigenvalue weighted by Gasteiger charge is 2.23. The molecule has 3 heteroatoms. The predicted octanol–water partition coefficient (Wildman–Crippen LogP) is 1.94. The molecule has 2 heterocycles. The van der Waals surface area contributed by atoms with Gasteiger partial charge in [-0.25, -0.2) is 4.39 Å². The van der Waals surface area contributed by atoms with Crippen LogP contribution in [0, 0.1) is 5.82 Å². The lowest BCUT2D eigenvalue weighted by molar-refractivity contribution is 0.587. The maximum Gasteiger partial charge on any atom is 0.125 e. The molecule has 0 aromatic heterocycles.